The van der Waals surface area contributed by atoms with Crippen LogP contribution in [0.5, 0.6) is 0 Å². The van der Waals surface area contributed by atoms with Crippen molar-refractivity contribution in [2.24, 2.45) is 28.8 Å². The number of aryl methyl sites for hydroxylation is 1. The molecule has 0 spiro atoms. The zero-order chi connectivity index (χ0) is 15.3. The Balaban J connectivity index is 1.60. The summed E-state index contributed by atoms with van der Waals surface area (Å²) in [5.41, 5.74) is 2.06. The van der Waals surface area contributed by atoms with Crippen molar-refractivity contribution < 1.29 is 9.59 Å². The van der Waals surface area contributed by atoms with Crippen LogP contribution in [-0.2, 0) is 9.59 Å². The average molecular weight is 294 g/mol. The van der Waals surface area contributed by atoms with Crippen LogP contribution in [0.3, 0.4) is 0 Å². The van der Waals surface area contributed by atoms with Gasteiger partial charge in [-0.3, -0.25) is 9.59 Å². The molecule has 3 aliphatic carbocycles. The van der Waals surface area contributed by atoms with Crippen molar-refractivity contribution >= 4 is 18.0 Å². The molecular weight excluding hydrogens is 276 g/mol. The summed E-state index contributed by atoms with van der Waals surface area (Å²) in [4.78, 5) is 25.1. The molecule has 1 saturated heterocycles. The van der Waals surface area contributed by atoms with E-state index in [0.717, 1.165) is 23.4 Å². The van der Waals surface area contributed by atoms with Gasteiger partial charge in [0, 0.05) is 0 Å². The molecule has 0 unspecified atom stereocenters. The number of imide groups is 1. The molecule has 4 atom stereocenters. The van der Waals surface area contributed by atoms with Crippen LogP contribution in [0.2, 0.25) is 0 Å². The standard InChI is InChI=1S/C18H18N2O2/c1-11-2-4-12(5-3-11)10-19-20-17(21)15-13-6-7-14(9-8-13)16(15)18(20)22/h2-7,10,13-16H,8-9H2,1H3/b19-10-/t13-,14-,15+,16+/m1/s1. The molecule has 5 rings (SSSR count). The molecule has 1 saturated carbocycles. The van der Waals surface area contributed by atoms with Crippen LogP contribution in [-0.4, -0.2) is 23.0 Å². The molecule has 1 heterocycles. The first-order valence-corrected chi connectivity index (χ1v) is 7.82. The highest BCUT2D eigenvalue weighted by atomic mass is 16.2. The molecule has 1 aromatic rings. The van der Waals surface area contributed by atoms with Gasteiger partial charge in [-0.05, 0) is 37.2 Å². The van der Waals surface area contributed by atoms with Crippen molar-refractivity contribution in [3.63, 3.8) is 0 Å². The average Bonchev–Trinajstić information content (AvgIpc) is 2.82. The van der Waals surface area contributed by atoms with E-state index in [-0.39, 0.29) is 35.5 Å². The van der Waals surface area contributed by atoms with Gasteiger partial charge in [-0.25, -0.2) is 0 Å². The van der Waals surface area contributed by atoms with E-state index >= 15 is 0 Å². The van der Waals surface area contributed by atoms with Gasteiger partial charge in [-0.2, -0.15) is 10.1 Å². The summed E-state index contributed by atoms with van der Waals surface area (Å²) in [6.07, 6.45) is 7.86. The second kappa shape index (κ2) is 4.90. The Bertz CT molecular complexity index is 658. The number of benzene rings is 1. The summed E-state index contributed by atoms with van der Waals surface area (Å²) in [7, 11) is 0. The van der Waals surface area contributed by atoms with Crippen LogP contribution in [0.15, 0.2) is 41.5 Å². The van der Waals surface area contributed by atoms with Gasteiger partial charge in [0.25, 0.3) is 11.8 Å². The van der Waals surface area contributed by atoms with E-state index in [4.69, 9.17) is 0 Å². The minimum absolute atomic E-state index is 0.127. The van der Waals surface area contributed by atoms with E-state index < -0.39 is 0 Å². The van der Waals surface area contributed by atoms with Crippen LogP contribution < -0.4 is 0 Å². The first-order chi connectivity index (χ1) is 10.6. The van der Waals surface area contributed by atoms with Gasteiger partial charge < -0.3 is 0 Å². The highest BCUT2D eigenvalue weighted by Crippen LogP contribution is 2.49. The van der Waals surface area contributed by atoms with Gasteiger partial charge in [-0.15, -0.1) is 0 Å². The second-order valence-electron chi connectivity index (χ2n) is 6.49. The highest BCUT2D eigenvalue weighted by Gasteiger charge is 2.56. The fourth-order valence-electron chi connectivity index (χ4n) is 3.95. The Kier molecular flexibility index (Phi) is 2.99. The molecule has 0 radical (unpaired) electrons. The van der Waals surface area contributed by atoms with Gasteiger partial charge in [0.05, 0.1) is 18.1 Å². The lowest BCUT2D eigenvalue weighted by molar-refractivity contribution is -0.140. The van der Waals surface area contributed by atoms with Gasteiger partial charge in [0.1, 0.15) is 0 Å². The Morgan fingerprint density at radius 3 is 2.05 bits per heavy atom. The fourth-order valence-corrected chi connectivity index (χ4v) is 3.95. The number of allylic oxidation sites excluding steroid dienone is 2. The van der Waals surface area contributed by atoms with Crippen molar-refractivity contribution in [1.82, 2.24) is 5.01 Å². The summed E-state index contributed by atoms with van der Waals surface area (Å²) < 4.78 is 0. The fraction of sp³-hybridized carbons (Fsp3) is 0.389. The third kappa shape index (κ3) is 1.94. The molecule has 0 aromatic heterocycles. The molecule has 1 aromatic carbocycles. The molecule has 2 fully saturated rings. The highest BCUT2D eigenvalue weighted by molar-refractivity contribution is 6.06. The number of hydrogen-bond acceptors (Lipinski definition) is 3. The van der Waals surface area contributed by atoms with E-state index in [1.807, 2.05) is 31.2 Å². The van der Waals surface area contributed by atoms with Crippen molar-refractivity contribution in [2.45, 2.75) is 19.8 Å². The molecule has 4 heteroatoms. The van der Waals surface area contributed by atoms with E-state index in [2.05, 4.69) is 17.3 Å². The lowest BCUT2D eigenvalue weighted by atomic mass is 9.63. The van der Waals surface area contributed by atoms with Crippen molar-refractivity contribution in [2.75, 3.05) is 0 Å². The van der Waals surface area contributed by atoms with Crippen LogP contribution in [0, 0.1) is 30.6 Å². The second-order valence-corrected chi connectivity index (χ2v) is 6.49. The first-order valence-electron chi connectivity index (χ1n) is 7.82. The van der Waals surface area contributed by atoms with E-state index in [9.17, 15) is 9.59 Å². The maximum absolute atomic E-state index is 12.6. The van der Waals surface area contributed by atoms with Crippen molar-refractivity contribution in [3.05, 3.63) is 47.5 Å². The van der Waals surface area contributed by atoms with Crippen molar-refractivity contribution in [1.29, 1.82) is 0 Å². The lowest BCUT2D eigenvalue weighted by Crippen LogP contribution is -2.38. The first kappa shape index (κ1) is 13.4. The van der Waals surface area contributed by atoms with Gasteiger partial charge >= 0.3 is 0 Å². The molecule has 2 amide bonds. The SMILES string of the molecule is Cc1ccc(/C=N\N2C(=O)[C@@H]3[C@@H](C2=O)[C@@H]2C=C[C@@H]3CC2)cc1. The molecule has 4 aliphatic rings. The Labute approximate surface area is 129 Å². The van der Waals surface area contributed by atoms with Crippen molar-refractivity contribution in [3.8, 4) is 0 Å². The lowest BCUT2D eigenvalue weighted by Gasteiger charge is -2.37. The van der Waals surface area contributed by atoms with E-state index in [0.29, 0.717) is 0 Å². The number of carbonyl (C=O) groups excluding carboxylic acids is 2. The monoisotopic (exact) mass is 294 g/mol. The Morgan fingerprint density at radius 1 is 1.00 bits per heavy atom. The number of amides is 2. The molecule has 22 heavy (non-hydrogen) atoms. The quantitative estimate of drug-likeness (QED) is 0.478. The van der Waals surface area contributed by atoms with Crippen LogP contribution in [0.25, 0.3) is 0 Å². The van der Waals surface area contributed by atoms with E-state index in [1.165, 1.54) is 5.56 Å². The Hall–Kier alpha value is -2.23. The smallest absolute Gasteiger partial charge is 0.254 e. The zero-order valence-electron chi connectivity index (χ0n) is 12.5. The topological polar surface area (TPSA) is 49.7 Å². The van der Waals surface area contributed by atoms with Crippen LogP contribution in [0.4, 0.5) is 0 Å². The minimum Gasteiger partial charge on any atom is -0.272 e. The van der Waals surface area contributed by atoms with Gasteiger partial charge in [0.2, 0.25) is 0 Å². The van der Waals surface area contributed by atoms with Gasteiger partial charge in [-0.1, -0.05) is 42.0 Å². The molecule has 0 N–H and O–H groups in total. The van der Waals surface area contributed by atoms with E-state index in [1.54, 1.807) is 6.21 Å². The third-order valence-corrected chi connectivity index (χ3v) is 5.14. The number of hydrazone groups is 1. The number of carbonyl (C=O) groups is 2. The molecule has 2 bridgehead atoms. The molecule has 112 valence electrons. The molecular formula is C18H18N2O2. The minimum atomic E-state index is -0.189. The summed E-state index contributed by atoms with van der Waals surface area (Å²) in [6, 6.07) is 7.84. The number of nitrogens with zero attached hydrogens (tertiary/aromatic N) is 2. The maximum atomic E-state index is 12.6. The third-order valence-electron chi connectivity index (χ3n) is 5.14. The zero-order valence-corrected chi connectivity index (χ0v) is 12.5. The largest absolute Gasteiger partial charge is 0.272 e. The predicted octanol–water partition coefficient (Wildman–Crippen LogP) is 2.53. The molecule has 4 nitrogen and oxygen atoms in total. The number of rotatable bonds is 2. The summed E-state index contributed by atoms with van der Waals surface area (Å²) >= 11 is 0. The Morgan fingerprint density at radius 2 is 1.55 bits per heavy atom. The van der Waals surface area contributed by atoms with Crippen LogP contribution >= 0.6 is 0 Å². The number of hydrogen-bond donors (Lipinski definition) is 0. The maximum Gasteiger partial charge on any atom is 0.254 e. The van der Waals surface area contributed by atoms with Crippen LogP contribution in [0.1, 0.15) is 24.0 Å². The summed E-state index contributed by atoms with van der Waals surface area (Å²) in [5, 5.41) is 5.29. The summed E-state index contributed by atoms with van der Waals surface area (Å²) in [5.74, 6) is -0.204. The predicted molar refractivity (Wildman–Crippen MR) is 83.0 cm³/mol. The number of fused-ring (bicyclic) bond motifs is 1. The normalized spacial score (nSPS) is 33.0. The van der Waals surface area contributed by atoms with Gasteiger partial charge in [0.15, 0.2) is 0 Å². The summed E-state index contributed by atoms with van der Waals surface area (Å²) in [6.45, 7) is 2.02. The molecule has 1 aliphatic heterocycles.